The van der Waals surface area contributed by atoms with Gasteiger partial charge in [0.25, 0.3) is 5.91 Å². The van der Waals surface area contributed by atoms with Crippen LogP contribution in [0.15, 0.2) is 6.07 Å². The van der Waals surface area contributed by atoms with E-state index in [2.05, 4.69) is 9.97 Å². The van der Waals surface area contributed by atoms with Crippen molar-refractivity contribution in [2.45, 2.75) is 20.0 Å². The van der Waals surface area contributed by atoms with Gasteiger partial charge in [-0.2, -0.15) is 0 Å². The molecule has 3 rings (SSSR count). The summed E-state index contributed by atoms with van der Waals surface area (Å²) >= 11 is 0. The molecule has 2 fully saturated rings. The molecule has 120 valence electrons. The third kappa shape index (κ3) is 3.36. The van der Waals surface area contributed by atoms with Crippen LogP contribution in [0.1, 0.15) is 11.4 Å². The number of carbonyl (C=O) groups is 1. The summed E-state index contributed by atoms with van der Waals surface area (Å²) in [4.78, 5) is 25.4. The topological polar surface area (TPSA) is 67.8 Å². The summed E-state index contributed by atoms with van der Waals surface area (Å²) < 4.78 is 11.0. The molecular weight excluding hydrogens is 284 g/mol. The molecule has 0 bridgehead atoms. The maximum absolute atomic E-state index is 12.5. The number of amides is 1. The largest absolute Gasteiger partial charge is 0.378 e. The van der Waals surface area contributed by atoms with E-state index < -0.39 is 6.10 Å². The van der Waals surface area contributed by atoms with E-state index >= 15 is 0 Å². The highest BCUT2D eigenvalue weighted by atomic mass is 16.5. The zero-order valence-corrected chi connectivity index (χ0v) is 13.1. The molecular formula is C15H22N4O3. The van der Waals surface area contributed by atoms with Gasteiger partial charge in [-0.05, 0) is 19.9 Å². The van der Waals surface area contributed by atoms with Crippen LogP contribution in [0.4, 0.5) is 5.95 Å². The number of ether oxygens (including phenoxy) is 2. The van der Waals surface area contributed by atoms with Crippen LogP contribution in [0.3, 0.4) is 0 Å². The van der Waals surface area contributed by atoms with Gasteiger partial charge in [0.05, 0.1) is 26.4 Å². The van der Waals surface area contributed by atoms with Crippen molar-refractivity contribution in [2.24, 2.45) is 0 Å². The van der Waals surface area contributed by atoms with Gasteiger partial charge in [0.1, 0.15) is 0 Å². The smallest absolute Gasteiger partial charge is 0.253 e. The summed E-state index contributed by atoms with van der Waals surface area (Å²) in [6, 6.07) is 1.94. The molecule has 1 aromatic heterocycles. The second-order valence-electron chi connectivity index (χ2n) is 5.69. The predicted molar refractivity (Wildman–Crippen MR) is 80.9 cm³/mol. The number of morpholine rings is 2. The van der Waals surface area contributed by atoms with Crippen molar-refractivity contribution in [2.75, 3.05) is 50.9 Å². The van der Waals surface area contributed by atoms with Crippen LogP contribution >= 0.6 is 0 Å². The Bertz CT molecular complexity index is 525. The van der Waals surface area contributed by atoms with Gasteiger partial charge in [0.2, 0.25) is 5.95 Å². The molecule has 1 aromatic rings. The van der Waals surface area contributed by atoms with Crippen molar-refractivity contribution in [1.82, 2.24) is 14.9 Å². The van der Waals surface area contributed by atoms with E-state index in [9.17, 15) is 4.79 Å². The number of aryl methyl sites for hydroxylation is 2. The van der Waals surface area contributed by atoms with Crippen LogP contribution in [0.5, 0.6) is 0 Å². The molecule has 7 nitrogen and oxygen atoms in total. The third-order valence-electron chi connectivity index (χ3n) is 3.92. The summed E-state index contributed by atoms with van der Waals surface area (Å²) in [7, 11) is 0. The van der Waals surface area contributed by atoms with Gasteiger partial charge in [-0.15, -0.1) is 0 Å². The zero-order valence-electron chi connectivity index (χ0n) is 13.1. The van der Waals surface area contributed by atoms with E-state index in [1.165, 1.54) is 0 Å². The highest BCUT2D eigenvalue weighted by Crippen LogP contribution is 2.16. The molecule has 0 saturated carbocycles. The van der Waals surface area contributed by atoms with Gasteiger partial charge < -0.3 is 19.3 Å². The predicted octanol–water partition coefficient (Wildman–Crippen LogP) is 0.157. The number of hydrogen-bond donors (Lipinski definition) is 0. The van der Waals surface area contributed by atoms with Crippen LogP contribution in [-0.4, -0.2) is 72.9 Å². The summed E-state index contributed by atoms with van der Waals surface area (Å²) in [5.41, 5.74) is 1.87. The molecule has 0 radical (unpaired) electrons. The zero-order chi connectivity index (χ0) is 15.5. The normalized spacial score (nSPS) is 22.7. The average Bonchev–Trinajstić information content (AvgIpc) is 2.54. The lowest BCUT2D eigenvalue weighted by atomic mass is 10.2. The minimum absolute atomic E-state index is 0.0392. The second kappa shape index (κ2) is 6.58. The molecule has 0 N–H and O–H groups in total. The summed E-state index contributed by atoms with van der Waals surface area (Å²) in [5.74, 6) is 0.720. The number of nitrogens with zero attached hydrogens (tertiary/aromatic N) is 4. The molecule has 1 atom stereocenters. The van der Waals surface area contributed by atoms with Crippen molar-refractivity contribution in [3.8, 4) is 0 Å². The third-order valence-corrected chi connectivity index (χ3v) is 3.92. The van der Waals surface area contributed by atoms with Gasteiger partial charge in [0.15, 0.2) is 6.10 Å². The number of anilines is 1. The van der Waals surface area contributed by atoms with Crippen molar-refractivity contribution in [1.29, 1.82) is 0 Å². The highest BCUT2D eigenvalue weighted by molar-refractivity contribution is 5.82. The van der Waals surface area contributed by atoms with Gasteiger partial charge in [-0.1, -0.05) is 0 Å². The summed E-state index contributed by atoms with van der Waals surface area (Å²) in [5, 5.41) is 0. The van der Waals surface area contributed by atoms with Gasteiger partial charge in [0, 0.05) is 31.0 Å². The molecule has 1 amide bonds. The number of hydrogen-bond acceptors (Lipinski definition) is 6. The maximum Gasteiger partial charge on any atom is 0.253 e. The maximum atomic E-state index is 12.5. The molecule has 2 aliphatic heterocycles. The summed E-state index contributed by atoms with van der Waals surface area (Å²) in [6.45, 7) is 8.10. The Labute approximate surface area is 130 Å². The first-order valence-corrected chi connectivity index (χ1v) is 7.69. The molecule has 3 heterocycles. The fourth-order valence-corrected chi connectivity index (χ4v) is 2.82. The van der Waals surface area contributed by atoms with E-state index in [-0.39, 0.29) is 5.91 Å². The molecule has 1 unspecified atom stereocenters. The first-order valence-electron chi connectivity index (χ1n) is 7.69. The highest BCUT2D eigenvalue weighted by Gasteiger charge is 2.32. The second-order valence-corrected chi connectivity index (χ2v) is 5.69. The van der Waals surface area contributed by atoms with Crippen LogP contribution in [-0.2, 0) is 14.3 Å². The quantitative estimate of drug-likeness (QED) is 0.775. The van der Waals surface area contributed by atoms with Gasteiger partial charge in [-0.3, -0.25) is 4.79 Å². The lowest BCUT2D eigenvalue weighted by Crippen LogP contribution is -2.53. The Morgan fingerprint density at radius 3 is 2.50 bits per heavy atom. The molecule has 0 aliphatic carbocycles. The van der Waals surface area contributed by atoms with E-state index in [4.69, 9.17) is 9.47 Å². The lowest BCUT2D eigenvalue weighted by molar-refractivity contribution is -0.148. The van der Waals surface area contributed by atoms with E-state index in [1.54, 1.807) is 0 Å². The average molecular weight is 306 g/mol. The van der Waals surface area contributed by atoms with E-state index in [1.807, 2.05) is 29.7 Å². The number of carbonyl (C=O) groups excluding carboxylic acids is 1. The monoisotopic (exact) mass is 306 g/mol. The van der Waals surface area contributed by atoms with Crippen molar-refractivity contribution < 1.29 is 14.3 Å². The summed E-state index contributed by atoms with van der Waals surface area (Å²) in [6.07, 6.45) is -0.448. The molecule has 7 heteroatoms. The Hall–Kier alpha value is -1.73. The van der Waals surface area contributed by atoms with E-state index in [0.717, 1.165) is 11.4 Å². The Morgan fingerprint density at radius 1 is 1.14 bits per heavy atom. The van der Waals surface area contributed by atoms with Gasteiger partial charge in [-0.25, -0.2) is 9.97 Å². The molecule has 2 aliphatic rings. The number of aromatic nitrogens is 2. The molecule has 0 spiro atoms. The minimum atomic E-state index is -0.448. The Morgan fingerprint density at radius 2 is 1.82 bits per heavy atom. The van der Waals surface area contributed by atoms with Crippen molar-refractivity contribution in [3.63, 3.8) is 0 Å². The standard InChI is InChI=1S/C15H22N4O3/c1-11-9-12(2)17-15(16-11)19-5-8-22-13(10-19)14(20)18-3-6-21-7-4-18/h9,13H,3-8,10H2,1-2H3. The van der Waals surface area contributed by atoms with Crippen LogP contribution in [0, 0.1) is 13.8 Å². The molecule has 2 saturated heterocycles. The van der Waals surface area contributed by atoms with Crippen molar-refractivity contribution >= 4 is 11.9 Å². The Balaban J connectivity index is 1.69. The fourth-order valence-electron chi connectivity index (χ4n) is 2.82. The Kier molecular flexibility index (Phi) is 4.54. The van der Waals surface area contributed by atoms with Gasteiger partial charge >= 0.3 is 0 Å². The van der Waals surface area contributed by atoms with Crippen LogP contribution in [0.2, 0.25) is 0 Å². The van der Waals surface area contributed by atoms with E-state index in [0.29, 0.717) is 51.9 Å². The fraction of sp³-hybridized carbons (Fsp3) is 0.667. The first kappa shape index (κ1) is 15.2. The first-order chi connectivity index (χ1) is 10.6. The van der Waals surface area contributed by atoms with Crippen LogP contribution in [0.25, 0.3) is 0 Å². The SMILES string of the molecule is Cc1cc(C)nc(N2CCOC(C(=O)N3CCOCC3)C2)n1. The number of rotatable bonds is 2. The molecule has 0 aromatic carbocycles. The van der Waals surface area contributed by atoms with Crippen molar-refractivity contribution in [3.05, 3.63) is 17.5 Å². The lowest BCUT2D eigenvalue weighted by Gasteiger charge is -2.36. The molecule has 22 heavy (non-hydrogen) atoms. The van der Waals surface area contributed by atoms with Crippen LogP contribution < -0.4 is 4.90 Å². The minimum Gasteiger partial charge on any atom is -0.378 e.